The number of carbonyl (C=O) groups excluding carboxylic acids is 4. The molecule has 2 aromatic rings. The van der Waals surface area contributed by atoms with Crippen LogP contribution in [-0.4, -0.2) is 66.0 Å². The molecule has 0 saturated heterocycles. The van der Waals surface area contributed by atoms with Crippen molar-refractivity contribution in [1.82, 2.24) is 16.0 Å². The Bertz CT molecular complexity index is 1220. The van der Waals surface area contributed by atoms with Crippen LogP contribution in [0.2, 0.25) is 0 Å². The molecule has 242 valence electrons. The number of nitrogens with one attached hydrogen (secondary N) is 3. The molecular weight excluding hydrogens is 562 g/mol. The zero-order valence-electron chi connectivity index (χ0n) is 25.8. The summed E-state index contributed by atoms with van der Waals surface area (Å²) in [5.41, 5.74) is 26.0. The largest absolute Gasteiger partial charge is 0.508 e. The quantitative estimate of drug-likeness (QED) is 0.103. The van der Waals surface area contributed by atoms with Gasteiger partial charge >= 0.3 is 0 Å². The number of benzene rings is 2. The SMILES string of the molecule is Cc1cc(O)cc(C)c1C[C@H](NC(=O)[C@@H](N)CCCCN)C(=O)N[C@@H](CCCCN)C(=O)N[C@@H](Cc1ccccc1)C(N)=O. The van der Waals surface area contributed by atoms with E-state index in [-0.39, 0.29) is 25.0 Å². The van der Waals surface area contributed by atoms with Crippen LogP contribution in [0.1, 0.15) is 60.8 Å². The molecule has 12 nitrogen and oxygen atoms in total. The minimum atomic E-state index is -1.08. The van der Waals surface area contributed by atoms with Gasteiger partial charge in [0.2, 0.25) is 23.6 Å². The van der Waals surface area contributed by atoms with Crippen LogP contribution in [0, 0.1) is 13.8 Å². The first-order valence-corrected chi connectivity index (χ1v) is 15.2. The van der Waals surface area contributed by atoms with Gasteiger partial charge in [0.25, 0.3) is 0 Å². The number of hydrogen-bond donors (Lipinski definition) is 8. The van der Waals surface area contributed by atoms with Gasteiger partial charge in [-0.25, -0.2) is 0 Å². The summed E-state index contributed by atoms with van der Waals surface area (Å²) in [7, 11) is 0. The molecule has 0 unspecified atom stereocenters. The molecule has 0 aliphatic heterocycles. The fraction of sp³-hybridized carbons (Fsp3) is 0.500. The number of aromatic hydroxyl groups is 1. The Morgan fingerprint density at radius 1 is 0.727 bits per heavy atom. The van der Waals surface area contributed by atoms with Crippen molar-refractivity contribution in [3.05, 3.63) is 64.7 Å². The van der Waals surface area contributed by atoms with E-state index >= 15 is 0 Å². The van der Waals surface area contributed by atoms with Gasteiger partial charge in [-0.2, -0.15) is 0 Å². The van der Waals surface area contributed by atoms with Gasteiger partial charge in [-0.15, -0.1) is 0 Å². The molecule has 0 heterocycles. The first-order valence-electron chi connectivity index (χ1n) is 15.2. The third-order valence-corrected chi connectivity index (χ3v) is 7.55. The molecule has 0 spiro atoms. The maximum Gasteiger partial charge on any atom is 0.243 e. The predicted octanol–water partition coefficient (Wildman–Crippen LogP) is 0.319. The molecule has 0 radical (unpaired) electrons. The number of nitrogens with two attached hydrogens (primary N) is 4. The van der Waals surface area contributed by atoms with E-state index in [4.69, 9.17) is 22.9 Å². The maximum atomic E-state index is 13.8. The first kappa shape index (κ1) is 36.2. The lowest BCUT2D eigenvalue weighted by Gasteiger charge is -2.26. The summed E-state index contributed by atoms with van der Waals surface area (Å²) in [6.07, 6.45) is 3.46. The minimum Gasteiger partial charge on any atom is -0.508 e. The highest BCUT2D eigenvalue weighted by Gasteiger charge is 2.30. The van der Waals surface area contributed by atoms with Gasteiger partial charge in [-0.1, -0.05) is 36.8 Å². The number of phenols is 1. The van der Waals surface area contributed by atoms with Gasteiger partial charge in [0, 0.05) is 12.8 Å². The van der Waals surface area contributed by atoms with Gasteiger partial charge in [0.1, 0.15) is 23.9 Å². The molecule has 0 aliphatic rings. The minimum absolute atomic E-state index is 0.0897. The van der Waals surface area contributed by atoms with Gasteiger partial charge in [-0.05, 0) is 93.4 Å². The highest BCUT2D eigenvalue weighted by atomic mass is 16.3. The van der Waals surface area contributed by atoms with E-state index < -0.39 is 47.8 Å². The highest BCUT2D eigenvalue weighted by Crippen LogP contribution is 2.22. The summed E-state index contributed by atoms with van der Waals surface area (Å²) >= 11 is 0. The van der Waals surface area contributed by atoms with Crippen molar-refractivity contribution in [3.63, 3.8) is 0 Å². The van der Waals surface area contributed by atoms with Crippen molar-refractivity contribution in [2.45, 2.75) is 89.4 Å². The van der Waals surface area contributed by atoms with Gasteiger partial charge in [-0.3, -0.25) is 19.2 Å². The third-order valence-electron chi connectivity index (χ3n) is 7.55. The lowest BCUT2D eigenvalue weighted by atomic mass is 9.95. The number of carbonyl (C=O) groups is 4. The number of hydrogen-bond acceptors (Lipinski definition) is 8. The van der Waals surface area contributed by atoms with E-state index in [1.54, 1.807) is 26.0 Å². The number of aryl methyl sites for hydroxylation is 2. The zero-order chi connectivity index (χ0) is 32.6. The van der Waals surface area contributed by atoms with E-state index in [0.717, 1.165) is 22.3 Å². The molecular formula is C32H49N7O5. The van der Waals surface area contributed by atoms with E-state index in [9.17, 15) is 24.3 Å². The smallest absolute Gasteiger partial charge is 0.243 e. The average Bonchev–Trinajstić information content (AvgIpc) is 2.97. The fourth-order valence-electron chi connectivity index (χ4n) is 5.00. The molecule has 4 atom stereocenters. The van der Waals surface area contributed by atoms with E-state index in [2.05, 4.69) is 16.0 Å². The van der Waals surface area contributed by atoms with Gasteiger partial charge in [0.15, 0.2) is 0 Å². The van der Waals surface area contributed by atoms with Crippen LogP contribution in [0.4, 0.5) is 0 Å². The summed E-state index contributed by atoms with van der Waals surface area (Å²) < 4.78 is 0. The van der Waals surface area contributed by atoms with Crippen molar-refractivity contribution in [1.29, 1.82) is 0 Å². The van der Waals surface area contributed by atoms with E-state index in [1.165, 1.54) is 0 Å². The van der Waals surface area contributed by atoms with Gasteiger partial charge < -0.3 is 44.0 Å². The van der Waals surface area contributed by atoms with Crippen molar-refractivity contribution in [3.8, 4) is 5.75 Å². The van der Waals surface area contributed by atoms with E-state index in [1.807, 2.05) is 30.3 Å². The summed E-state index contributed by atoms with van der Waals surface area (Å²) in [6, 6.07) is 8.34. The van der Waals surface area contributed by atoms with Crippen LogP contribution in [0.3, 0.4) is 0 Å². The molecule has 0 aliphatic carbocycles. The molecule has 12 N–H and O–H groups in total. The lowest BCUT2D eigenvalue weighted by molar-refractivity contribution is -0.133. The lowest BCUT2D eigenvalue weighted by Crippen LogP contribution is -2.58. The monoisotopic (exact) mass is 611 g/mol. The summed E-state index contributed by atoms with van der Waals surface area (Å²) in [4.78, 5) is 52.6. The summed E-state index contributed by atoms with van der Waals surface area (Å²) in [5.74, 6) is -2.29. The average molecular weight is 612 g/mol. The summed E-state index contributed by atoms with van der Waals surface area (Å²) in [5, 5.41) is 18.3. The molecule has 0 aromatic heterocycles. The molecule has 44 heavy (non-hydrogen) atoms. The number of primary amides is 1. The molecule has 0 fully saturated rings. The second-order valence-electron chi connectivity index (χ2n) is 11.2. The van der Waals surface area contributed by atoms with Crippen LogP contribution < -0.4 is 38.9 Å². The van der Waals surface area contributed by atoms with Crippen LogP contribution >= 0.6 is 0 Å². The highest BCUT2D eigenvalue weighted by molar-refractivity contribution is 5.94. The predicted molar refractivity (Wildman–Crippen MR) is 170 cm³/mol. The third kappa shape index (κ3) is 11.9. The Kier molecular flexibility index (Phi) is 15.3. The standard InChI is InChI=1S/C32H49N7O5/c1-20-16-23(40)17-21(2)24(20)19-28(39-30(42)25(35)12-6-8-14-33)32(44)37-26(13-7-9-15-34)31(43)38-27(29(36)41)18-22-10-4-3-5-11-22/h3-5,10-11,16-17,25-28,40H,6-9,12-15,18-19,33-35H2,1-2H3,(H2,36,41)(H,37,44)(H,38,43)(H,39,42)/t25-,26-,27-,28-/m0/s1. The topological polar surface area (TPSA) is 229 Å². The zero-order valence-corrected chi connectivity index (χ0v) is 25.8. The van der Waals surface area contributed by atoms with Crippen LogP contribution in [0.15, 0.2) is 42.5 Å². The Balaban J connectivity index is 2.30. The summed E-state index contributed by atoms with van der Waals surface area (Å²) in [6.45, 7) is 4.49. The van der Waals surface area contributed by atoms with Crippen LogP contribution in [-0.2, 0) is 32.0 Å². The Morgan fingerprint density at radius 3 is 1.82 bits per heavy atom. The second-order valence-corrected chi connectivity index (χ2v) is 11.2. The Labute approximate surface area is 259 Å². The second kappa shape index (κ2) is 18.6. The molecule has 12 heteroatoms. The number of unbranched alkanes of at least 4 members (excludes halogenated alkanes) is 2. The van der Waals surface area contributed by atoms with Crippen molar-refractivity contribution in [2.75, 3.05) is 13.1 Å². The fourth-order valence-corrected chi connectivity index (χ4v) is 5.00. The van der Waals surface area contributed by atoms with Crippen molar-refractivity contribution in [2.24, 2.45) is 22.9 Å². The molecule has 4 amide bonds. The molecule has 2 rings (SSSR count). The molecule has 0 saturated carbocycles. The molecule has 2 aromatic carbocycles. The number of rotatable bonds is 19. The normalized spacial score (nSPS) is 13.8. The number of phenolic OH excluding ortho intramolecular Hbond substituents is 1. The van der Waals surface area contributed by atoms with Crippen molar-refractivity contribution >= 4 is 23.6 Å². The Hall–Kier alpha value is -4.00. The van der Waals surface area contributed by atoms with Gasteiger partial charge in [0.05, 0.1) is 6.04 Å². The van der Waals surface area contributed by atoms with Crippen LogP contribution in [0.5, 0.6) is 5.75 Å². The van der Waals surface area contributed by atoms with Crippen LogP contribution in [0.25, 0.3) is 0 Å². The first-order chi connectivity index (χ1) is 21.0. The Morgan fingerprint density at radius 2 is 1.25 bits per heavy atom. The number of amides is 4. The molecule has 0 bridgehead atoms. The maximum absolute atomic E-state index is 13.8. The van der Waals surface area contributed by atoms with Crippen molar-refractivity contribution < 1.29 is 24.3 Å². The van der Waals surface area contributed by atoms with E-state index in [0.29, 0.717) is 45.2 Å².